The van der Waals surface area contributed by atoms with Crippen molar-refractivity contribution in [3.05, 3.63) is 35.9 Å². The number of carboxylic acid groups (broad SMARTS) is 2. The van der Waals surface area contributed by atoms with Crippen LogP contribution in [0.25, 0.3) is 0 Å². The molecule has 1 heterocycles. The largest absolute Gasteiger partial charge is 0.480 e. The topological polar surface area (TPSA) is 127 Å². The molecule has 26 heavy (non-hydrogen) atoms. The number of piperazine rings is 1. The van der Waals surface area contributed by atoms with Gasteiger partial charge in [0, 0.05) is 32.1 Å². The molecule has 1 amide bonds. The Hall–Kier alpha value is -2.17. The SMILES string of the molecule is CC1C(c2ccccc2)C1(NS(=O)(=O)N1CCN(C(=O)O)CC1)C(=O)O. The molecule has 0 aromatic heterocycles. The summed E-state index contributed by atoms with van der Waals surface area (Å²) in [6.45, 7) is 1.78. The van der Waals surface area contributed by atoms with E-state index in [0.29, 0.717) is 0 Å². The third-order valence-corrected chi connectivity index (χ3v) is 6.90. The van der Waals surface area contributed by atoms with Crippen LogP contribution in [0.2, 0.25) is 0 Å². The van der Waals surface area contributed by atoms with Crippen LogP contribution in [0.15, 0.2) is 30.3 Å². The number of aliphatic carboxylic acids is 1. The fourth-order valence-electron chi connectivity index (χ4n) is 3.70. The number of carboxylic acids is 1. The minimum absolute atomic E-state index is 0.0122. The van der Waals surface area contributed by atoms with Crippen molar-refractivity contribution in [2.24, 2.45) is 5.92 Å². The van der Waals surface area contributed by atoms with Crippen LogP contribution in [0.4, 0.5) is 4.79 Å². The number of benzene rings is 1. The van der Waals surface area contributed by atoms with E-state index in [1.54, 1.807) is 31.2 Å². The quantitative estimate of drug-likeness (QED) is 0.674. The molecular formula is C16H21N3O6S. The smallest absolute Gasteiger partial charge is 0.407 e. The van der Waals surface area contributed by atoms with Crippen molar-refractivity contribution in [1.29, 1.82) is 0 Å². The molecule has 1 aliphatic heterocycles. The van der Waals surface area contributed by atoms with E-state index in [9.17, 15) is 23.1 Å². The average Bonchev–Trinajstić information content (AvgIpc) is 3.20. The van der Waals surface area contributed by atoms with Crippen LogP contribution >= 0.6 is 0 Å². The Morgan fingerprint density at radius 1 is 1.12 bits per heavy atom. The van der Waals surface area contributed by atoms with Crippen LogP contribution in [-0.2, 0) is 15.0 Å². The van der Waals surface area contributed by atoms with Crippen molar-refractivity contribution in [2.45, 2.75) is 18.4 Å². The lowest BCUT2D eigenvalue weighted by Crippen LogP contribution is -2.57. The summed E-state index contributed by atoms with van der Waals surface area (Å²) >= 11 is 0. The number of amides is 1. The van der Waals surface area contributed by atoms with Crippen molar-refractivity contribution in [2.75, 3.05) is 26.2 Å². The molecule has 3 unspecified atom stereocenters. The van der Waals surface area contributed by atoms with E-state index in [1.165, 1.54) is 0 Å². The number of carbonyl (C=O) groups is 2. The molecule has 0 spiro atoms. The van der Waals surface area contributed by atoms with Crippen molar-refractivity contribution >= 4 is 22.3 Å². The van der Waals surface area contributed by atoms with Crippen LogP contribution in [0.1, 0.15) is 18.4 Å². The zero-order valence-corrected chi connectivity index (χ0v) is 15.0. The summed E-state index contributed by atoms with van der Waals surface area (Å²) in [4.78, 5) is 24.0. The molecule has 3 rings (SSSR count). The molecule has 1 aromatic rings. The summed E-state index contributed by atoms with van der Waals surface area (Å²) in [5.41, 5.74) is -0.829. The van der Waals surface area contributed by atoms with Crippen molar-refractivity contribution < 1.29 is 28.2 Å². The minimum Gasteiger partial charge on any atom is -0.480 e. The maximum absolute atomic E-state index is 12.7. The summed E-state index contributed by atoms with van der Waals surface area (Å²) < 4.78 is 28.9. The summed E-state index contributed by atoms with van der Waals surface area (Å²) in [6.07, 6.45) is -1.10. The van der Waals surface area contributed by atoms with E-state index in [2.05, 4.69) is 4.72 Å². The van der Waals surface area contributed by atoms with Crippen molar-refractivity contribution in [1.82, 2.24) is 13.9 Å². The van der Waals surface area contributed by atoms with Gasteiger partial charge in [0.1, 0.15) is 5.54 Å². The molecule has 1 aromatic carbocycles. The Morgan fingerprint density at radius 3 is 2.19 bits per heavy atom. The third kappa shape index (κ3) is 3.04. The lowest BCUT2D eigenvalue weighted by Gasteiger charge is -2.33. The fraction of sp³-hybridized carbons (Fsp3) is 0.500. The highest BCUT2D eigenvalue weighted by molar-refractivity contribution is 7.87. The zero-order valence-electron chi connectivity index (χ0n) is 14.2. The molecule has 1 aliphatic carbocycles. The number of hydrogen-bond acceptors (Lipinski definition) is 4. The van der Waals surface area contributed by atoms with E-state index >= 15 is 0 Å². The first-order valence-electron chi connectivity index (χ1n) is 8.25. The van der Waals surface area contributed by atoms with Gasteiger partial charge in [0.25, 0.3) is 10.2 Å². The second-order valence-corrected chi connectivity index (χ2v) is 8.30. The molecule has 0 radical (unpaired) electrons. The van der Waals surface area contributed by atoms with E-state index in [4.69, 9.17) is 5.11 Å². The highest BCUT2D eigenvalue weighted by Gasteiger charge is 2.70. The van der Waals surface area contributed by atoms with Gasteiger partial charge < -0.3 is 15.1 Å². The lowest BCUT2D eigenvalue weighted by molar-refractivity contribution is -0.140. The first-order valence-corrected chi connectivity index (χ1v) is 9.69. The summed E-state index contributed by atoms with van der Waals surface area (Å²) in [6, 6.07) is 8.95. The maximum Gasteiger partial charge on any atom is 0.407 e. The molecule has 1 saturated carbocycles. The molecule has 2 aliphatic rings. The van der Waals surface area contributed by atoms with Gasteiger partial charge in [-0.15, -0.1) is 0 Å². The van der Waals surface area contributed by atoms with Crippen LogP contribution in [0.3, 0.4) is 0 Å². The molecule has 9 nitrogen and oxygen atoms in total. The van der Waals surface area contributed by atoms with Gasteiger partial charge in [0.05, 0.1) is 0 Å². The Morgan fingerprint density at radius 2 is 1.69 bits per heavy atom. The summed E-state index contributed by atoms with van der Waals surface area (Å²) in [5.74, 6) is -2.08. The zero-order chi connectivity index (χ0) is 19.1. The molecule has 2 fully saturated rings. The molecular weight excluding hydrogens is 362 g/mol. The van der Waals surface area contributed by atoms with E-state index < -0.39 is 39.6 Å². The third-order valence-electron chi connectivity index (χ3n) is 5.26. The molecule has 3 N–H and O–H groups in total. The second kappa shape index (κ2) is 6.53. The van der Waals surface area contributed by atoms with E-state index in [0.717, 1.165) is 14.8 Å². The maximum atomic E-state index is 12.7. The number of rotatable bonds is 5. The predicted octanol–water partition coefficient (Wildman–Crippen LogP) is 0.373. The minimum atomic E-state index is -4.06. The number of hydrogen-bond donors (Lipinski definition) is 3. The van der Waals surface area contributed by atoms with Gasteiger partial charge in [0.15, 0.2) is 0 Å². The average molecular weight is 383 g/mol. The standard InChI is InChI=1S/C16H21N3O6S/c1-11-13(12-5-3-2-4-6-12)16(11,14(20)21)17-26(24,25)19-9-7-18(8-10-19)15(22)23/h2-6,11,13,17H,7-10H2,1H3,(H,20,21)(H,22,23). The van der Waals surface area contributed by atoms with Crippen molar-refractivity contribution in [3.63, 3.8) is 0 Å². The Labute approximate surface area is 151 Å². The van der Waals surface area contributed by atoms with Crippen LogP contribution in [0.5, 0.6) is 0 Å². The van der Waals surface area contributed by atoms with Crippen LogP contribution in [-0.4, -0.2) is 71.6 Å². The predicted molar refractivity (Wildman–Crippen MR) is 91.9 cm³/mol. The molecule has 3 atom stereocenters. The van der Waals surface area contributed by atoms with Crippen LogP contribution < -0.4 is 4.72 Å². The summed E-state index contributed by atoms with van der Waals surface area (Å²) in [7, 11) is -4.06. The van der Waals surface area contributed by atoms with E-state index in [1.807, 2.05) is 6.07 Å². The van der Waals surface area contributed by atoms with Gasteiger partial charge in [-0.1, -0.05) is 37.3 Å². The fourth-order valence-corrected chi connectivity index (χ4v) is 5.30. The normalized spacial score (nSPS) is 29.3. The summed E-state index contributed by atoms with van der Waals surface area (Å²) in [5, 5.41) is 18.7. The van der Waals surface area contributed by atoms with Gasteiger partial charge in [-0.2, -0.15) is 17.4 Å². The Balaban J connectivity index is 1.79. The molecule has 1 saturated heterocycles. The Kier molecular flexibility index (Phi) is 4.67. The van der Waals surface area contributed by atoms with Gasteiger partial charge in [-0.3, -0.25) is 4.79 Å². The van der Waals surface area contributed by atoms with Crippen LogP contribution in [0, 0.1) is 5.92 Å². The monoisotopic (exact) mass is 383 g/mol. The van der Waals surface area contributed by atoms with Gasteiger partial charge in [0.2, 0.25) is 0 Å². The first-order chi connectivity index (χ1) is 12.2. The first kappa shape index (κ1) is 18.6. The second-order valence-electron chi connectivity index (χ2n) is 6.63. The number of nitrogens with one attached hydrogen (secondary N) is 1. The Bertz CT molecular complexity index is 807. The highest BCUT2D eigenvalue weighted by atomic mass is 32.2. The van der Waals surface area contributed by atoms with Crippen molar-refractivity contribution in [3.8, 4) is 0 Å². The van der Waals surface area contributed by atoms with Gasteiger partial charge in [-0.05, 0) is 11.5 Å². The number of nitrogens with zero attached hydrogens (tertiary/aromatic N) is 2. The van der Waals surface area contributed by atoms with E-state index in [-0.39, 0.29) is 26.2 Å². The molecule has 0 bridgehead atoms. The van der Waals surface area contributed by atoms with Gasteiger partial charge in [-0.25, -0.2) is 4.79 Å². The molecule has 142 valence electrons. The van der Waals surface area contributed by atoms with Gasteiger partial charge >= 0.3 is 12.1 Å². The lowest BCUT2D eigenvalue weighted by atomic mass is 10.1. The highest BCUT2D eigenvalue weighted by Crippen LogP contribution is 2.57. The molecule has 10 heteroatoms.